The van der Waals surface area contributed by atoms with Crippen molar-refractivity contribution in [2.45, 2.75) is 6.54 Å². The molecule has 0 bridgehead atoms. The van der Waals surface area contributed by atoms with Crippen molar-refractivity contribution < 1.29 is 14.1 Å². The summed E-state index contributed by atoms with van der Waals surface area (Å²) >= 11 is 5.93. The van der Waals surface area contributed by atoms with E-state index in [1.807, 2.05) is 0 Å². The normalized spacial score (nSPS) is 10.3. The van der Waals surface area contributed by atoms with Gasteiger partial charge in [0.2, 0.25) is 0 Å². The lowest BCUT2D eigenvalue weighted by molar-refractivity contribution is -0.384. The van der Waals surface area contributed by atoms with Gasteiger partial charge in [0, 0.05) is 31.3 Å². The molecule has 6 nitrogen and oxygen atoms in total. The summed E-state index contributed by atoms with van der Waals surface area (Å²) in [5.41, 5.74) is 0.753. The molecular formula is C13H11ClN2O4. The number of furan rings is 1. The molecule has 0 saturated carbocycles. The molecule has 0 saturated heterocycles. The summed E-state index contributed by atoms with van der Waals surface area (Å²) in [6, 6.07) is 5.52. The molecule has 1 aromatic carbocycles. The van der Waals surface area contributed by atoms with Crippen molar-refractivity contribution in [2.75, 3.05) is 7.05 Å². The largest absolute Gasteiger partial charge is 0.472 e. The van der Waals surface area contributed by atoms with Crippen LogP contribution in [0.2, 0.25) is 5.02 Å². The number of non-ortho nitro benzene ring substituents is 1. The van der Waals surface area contributed by atoms with E-state index in [-0.39, 0.29) is 22.2 Å². The van der Waals surface area contributed by atoms with E-state index in [1.54, 1.807) is 13.1 Å². The maximum Gasteiger partial charge on any atom is 0.270 e. The van der Waals surface area contributed by atoms with Crippen molar-refractivity contribution in [3.8, 4) is 0 Å². The third-order valence-electron chi connectivity index (χ3n) is 2.74. The zero-order valence-electron chi connectivity index (χ0n) is 10.6. The quantitative estimate of drug-likeness (QED) is 0.641. The van der Waals surface area contributed by atoms with E-state index >= 15 is 0 Å². The predicted molar refractivity (Wildman–Crippen MR) is 72.6 cm³/mol. The lowest BCUT2D eigenvalue weighted by atomic mass is 10.1. The molecule has 0 unspecified atom stereocenters. The van der Waals surface area contributed by atoms with E-state index in [4.69, 9.17) is 16.0 Å². The number of halogens is 1. The van der Waals surface area contributed by atoms with E-state index in [1.165, 1.54) is 35.6 Å². The molecule has 0 aliphatic rings. The van der Waals surface area contributed by atoms with Gasteiger partial charge in [0.1, 0.15) is 0 Å². The Kier molecular flexibility index (Phi) is 4.05. The number of carbonyl (C=O) groups is 1. The molecule has 0 radical (unpaired) electrons. The van der Waals surface area contributed by atoms with Crippen LogP contribution in [-0.2, 0) is 6.54 Å². The van der Waals surface area contributed by atoms with Crippen LogP contribution in [0.15, 0.2) is 41.2 Å². The van der Waals surface area contributed by atoms with Gasteiger partial charge in [-0.1, -0.05) is 11.6 Å². The molecule has 7 heteroatoms. The average Bonchev–Trinajstić information content (AvgIpc) is 2.91. The lowest BCUT2D eigenvalue weighted by Crippen LogP contribution is -2.26. The Labute approximate surface area is 119 Å². The van der Waals surface area contributed by atoms with E-state index in [0.29, 0.717) is 6.54 Å². The minimum atomic E-state index is -0.566. The van der Waals surface area contributed by atoms with Crippen LogP contribution >= 0.6 is 11.6 Å². The molecular weight excluding hydrogens is 284 g/mol. The molecule has 2 aromatic rings. The Morgan fingerprint density at radius 3 is 2.80 bits per heavy atom. The Balaban J connectivity index is 2.23. The van der Waals surface area contributed by atoms with E-state index < -0.39 is 4.92 Å². The first kappa shape index (κ1) is 14.1. The van der Waals surface area contributed by atoms with Crippen LogP contribution in [0, 0.1) is 10.1 Å². The van der Waals surface area contributed by atoms with Crippen LogP contribution in [0.1, 0.15) is 15.9 Å². The van der Waals surface area contributed by atoms with E-state index in [2.05, 4.69) is 0 Å². The molecule has 0 atom stereocenters. The van der Waals surface area contributed by atoms with Gasteiger partial charge in [-0.15, -0.1) is 0 Å². The number of hydrogen-bond donors (Lipinski definition) is 0. The Hall–Kier alpha value is -2.34. The van der Waals surface area contributed by atoms with Gasteiger partial charge in [-0.2, -0.15) is 0 Å². The topological polar surface area (TPSA) is 76.6 Å². The van der Waals surface area contributed by atoms with Crippen LogP contribution in [0.25, 0.3) is 0 Å². The first-order valence-electron chi connectivity index (χ1n) is 5.69. The highest BCUT2D eigenvalue weighted by atomic mass is 35.5. The number of hydrogen-bond acceptors (Lipinski definition) is 4. The molecule has 0 N–H and O–H groups in total. The summed E-state index contributed by atoms with van der Waals surface area (Å²) < 4.78 is 4.92. The minimum Gasteiger partial charge on any atom is -0.472 e. The van der Waals surface area contributed by atoms with Crippen molar-refractivity contribution >= 4 is 23.2 Å². The average molecular weight is 295 g/mol. The first-order chi connectivity index (χ1) is 9.49. The Morgan fingerprint density at radius 2 is 2.20 bits per heavy atom. The standard InChI is InChI=1S/C13H11ClN2O4/c1-15(7-9-4-5-20-8-9)13(17)11-6-10(16(18)19)2-3-12(11)14/h2-6,8H,7H2,1H3. The Bertz CT molecular complexity index is 640. The minimum absolute atomic E-state index is 0.104. The molecule has 20 heavy (non-hydrogen) atoms. The van der Waals surface area contributed by atoms with Gasteiger partial charge in [0.25, 0.3) is 11.6 Å². The summed E-state index contributed by atoms with van der Waals surface area (Å²) in [7, 11) is 1.59. The molecule has 0 spiro atoms. The number of nitro groups is 1. The maximum atomic E-state index is 12.3. The molecule has 0 aliphatic heterocycles. The number of carbonyl (C=O) groups excluding carboxylic acids is 1. The van der Waals surface area contributed by atoms with Gasteiger partial charge in [-0.25, -0.2) is 0 Å². The molecule has 0 aliphatic carbocycles. The Morgan fingerprint density at radius 1 is 1.45 bits per heavy atom. The van der Waals surface area contributed by atoms with Gasteiger partial charge in [-0.05, 0) is 12.1 Å². The van der Waals surface area contributed by atoms with Crippen molar-refractivity contribution in [1.82, 2.24) is 4.90 Å². The molecule has 1 aromatic heterocycles. The molecule has 2 rings (SSSR count). The number of benzene rings is 1. The van der Waals surface area contributed by atoms with Crippen LogP contribution < -0.4 is 0 Å². The smallest absolute Gasteiger partial charge is 0.270 e. The number of nitro benzene ring substituents is 1. The van der Waals surface area contributed by atoms with Crippen molar-refractivity contribution in [2.24, 2.45) is 0 Å². The van der Waals surface area contributed by atoms with Gasteiger partial charge in [-0.3, -0.25) is 14.9 Å². The summed E-state index contributed by atoms with van der Waals surface area (Å²) in [5.74, 6) is -0.389. The highest BCUT2D eigenvalue weighted by Gasteiger charge is 2.19. The van der Waals surface area contributed by atoms with Crippen molar-refractivity contribution in [3.05, 3.63) is 63.1 Å². The molecule has 1 heterocycles. The molecule has 1 amide bonds. The monoisotopic (exact) mass is 294 g/mol. The fourth-order valence-electron chi connectivity index (χ4n) is 1.72. The summed E-state index contributed by atoms with van der Waals surface area (Å²) in [4.78, 5) is 23.8. The zero-order chi connectivity index (χ0) is 14.7. The predicted octanol–water partition coefficient (Wildman–Crippen LogP) is 3.11. The van der Waals surface area contributed by atoms with Crippen LogP contribution in [-0.4, -0.2) is 22.8 Å². The van der Waals surface area contributed by atoms with Gasteiger partial charge >= 0.3 is 0 Å². The summed E-state index contributed by atoms with van der Waals surface area (Å²) in [6.07, 6.45) is 3.03. The fraction of sp³-hybridized carbons (Fsp3) is 0.154. The molecule has 0 fully saturated rings. The van der Waals surface area contributed by atoms with Crippen molar-refractivity contribution in [3.63, 3.8) is 0 Å². The van der Waals surface area contributed by atoms with Crippen molar-refractivity contribution in [1.29, 1.82) is 0 Å². The first-order valence-corrected chi connectivity index (χ1v) is 6.07. The van der Waals surface area contributed by atoms with Crippen LogP contribution in [0.4, 0.5) is 5.69 Å². The van der Waals surface area contributed by atoms with E-state index in [0.717, 1.165) is 5.56 Å². The fourth-order valence-corrected chi connectivity index (χ4v) is 1.92. The van der Waals surface area contributed by atoms with Crippen LogP contribution in [0.5, 0.6) is 0 Å². The SMILES string of the molecule is CN(Cc1ccoc1)C(=O)c1cc([N+](=O)[O-])ccc1Cl. The van der Waals surface area contributed by atoms with Gasteiger partial charge in [0.15, 0.2) is 0 Å². The zero-order valence-corrected chi connectivity index (χ0v) is 11.3. The maximum absolute atomic E-state index is 12.3. The highest BCUT2D eigenvalue weighted by molar-refractivity contribution is 6.33. The number of rotatable bonds is 4. The van der Waals surface area contributed by atoms with Gasteiger partial charge < -0.3 is 9.32 Å². The highest BCUT2D eigenvalue weighted by Crippen LogP contribution is 2.23. The lowest BCUT2D eigenvalue weighted by Gasteiger charge is -2.16. The number of amides is 1. The van der Waals surface area contributed by atoms with Gasteiger partial charge in [0.05, 0.1) is 28.0 Å². The van der Waals surface area contributed by atoms with E-state index in [9.17, 15) is 14.9 Å². The van der Waals surface area contributed by atoms with Crippen LogP contribution in [0.3, 0.4) is 0 Å². The summed E-state index contributed by atoms with van der Waals surface area (Å²) in [6.45, 7) is 0.328. The second-order valence-corrected chi connectivity index (χ2v) is 4.62. The second kappa shape index (κ2) is 5.75. The third kappa shape index (κ3) is 2.97. The third-order valence-corrected chi connectivity index (χ3v) is 3.07. The summed E-state index contributed by atoms with van der Waals surface area (Å²) in [5, 5.41) is 10.9. The second-order valence-electron chi connectivity index (χ2n) is 4.21. The number of nitrogens with zero attached hydrogens (tertiary/aromatic N) is 2. The molecule has 104 valence electrons.